The van der Waals surface area contributed by atoms with E-state index in [0.29, 0.717) is 0 Å². The Kier molecular flexibility index (Phi) is 6.16. The molecule has 0 unspecified atom stereocenters. The van der Waals surface area contributed by atoms with Crippen molar-refractivity contribution in [3.8, 4) is 33.6 Å². The first kappa shape index (κ1) is 28.4. The van der Waals surface area contributed by atoms with E-state index in [1.54, 1.807) is 0 Å². The van der Waals surface area contributed by atoms with Gasteiger partial charge in [0, 0.05) is 53.1 Å². The number of rotatable bonds is 4. The summed E-state index contributed by atoms with van der Waals surface area (Å²) in [6, 6.07) is 66.6. The maximum absolute atomic E-state index is 2.50. The molecule has 8 aromatic carbocycles. The van der Waals surface area contributed by atoms with Crippen LogP contribution in [0.15, 0.2) is 182 Å². The largest absolute Gasteiger partial charge is 0.309 e. The van der Waals surface area contributed by atoms with Crippen LogP contribution in [0.2, 0.25) is 0 Å². The Hall–Kier alpha value is -6.42. The minimum atomic E-state index is 1.15. The lowest BCUT2D eigenvalue weighted by atomic mass is 10.0. The average molecular weight is 667 g/mol. The van der Waals surface area contributed by atoms with E-state index in [1.165, 1.54) is 91.7 Å². The number of hydrogen-bond acceptors (Lipinski definition) is 1. The summed E-state index contributed by atoms with van der Waals surface area (Å²) >= 11 is 1.87. The third kappa shape index (κ3) is 4.29. The van der Waals surface area contributed by atoms with Crippen molar-refractivity contribution < 1.29 is 0 Å². The van der Waals surface area contributed by atoms with Crippen molar-refractivity contribution in [2.45, 2.75) is 0 Å². The zero-order valence-corrected chi connectivity index (χ0v) is 28.4. The summed E-state index contributed by atoms with van der Waals surface area (Å²) in [5.74, 6) is 0. The Labute approximate surface area is 298 Å². The molecular weight excluding hydrogens is 637 g/mol. The summed E-state index contributed by atoms with van der Waals surface area (Å²) in [5.41, 5.74) is 12.1. The summed E-state index contributed by atoms with van der Waals surface area (Å²) in [7, 11) is 0. The normalized spacial score (nSPS) is 11.9. The summed E-state index contributed by atoms with van der Waals surface area (Å²) in [5, 5.41) is 7.69. The van der Waals surface area contributed by atoms with Gasteiger partial charge < -0.3 is 9.13 Å². The molecule has 0 saturated heterocycles. The van der Waals surface area contributed by atoms with Crippen LogP contribution in [0.4, 0.5) is 0 Å². The molecule has 0 atom stereocenters. The first-order chi connectivity index (χ1) is 25.3. The van der Waals surface area contributed by atoms with Crippen LogP contribution in [-0.2, 0) is 0 Å². The van der Waals surface area contributed by atoms with Crippen molar-refractivity contribution in [2.24, 2.45) is 0 Å². The molecule has 2 nitrogen and oxygen atoms in total. The van der Waals surface area contributed by atoms with Crippen molar-refractivity contribution in [2.75, 3.05) is 0 Å². The van der Waals surface area contributed by atoms with Crippen LogP contribution in [0.1, 0.15) is 0 Å². The first-order valence-electron chi connectivity index (χ1n) is 17.4. The molecule has 0 radical (unpaired) electrons. The van der Waals surface area contributed by atoms with Crippen LogP contribution in [0.3, 0.4) is 0 Å². The molecule has 0 N–H and O–H groups in total. The number of para-hydroxylation sites is 2. The number of hydrogen-bond donors (Lipinski definition) is 0. The van der Waals surface area contributed by atoms with Gasteiger partial charge in [0.2, 0.25) is 0 Å². The van der Waals surface area contributed by atoms with Gasteiger partial charge in [-0.1, -0.05) is 127 Å². The topological polar surface area (TPSA) is 9.86 Å². The maximum Gasteiger partial charge on any atom is 0.0641 e. The molecule has 0 aliphatic heterocycles. The molecule has 3 aromatic heterocycles. The minimum absolute atomic E-state index is 1.15. The molecule has 0 aliphatic carbocycles. The van der Waals surface area contributed by atoms with Gasteiger partial charge in [0.1, 0.15) is 0 Å². The molecule has 0 fully saturated rings. The fourth-order valence-electron chi connectivity index (χ4n) is 8.20. The van der Waals surface area contributed by atoms with E-state index in [0.717, 1.165) is 5.69 Å². The van der Waals surface area contributed by atoms with E-state index in [1.807, 2.05) is 11.3 Å². The number of nitrogens with zero attached hydrogens (tertiary/aromatic N) is 2. The molecule has 0 bridgehead atoms. The highest BCUT2D eigenvalue weighted by atomic mass is 32.1. The molecular formula is C48H30N2S. The standard InChI is InChI=1S/C48H30N2S/c1-2-10-31(11-3-1)32-18-20-33(21-19-32)34-22-24-35(25-23-34)49-43-16-8-5-14-40(43)47-44(49)28-27-39-37-12-4-7-15-42(37)50(48(39)47)36-26-29-46-41(30-36)38-13-6-9-17-45(38)51-46/h1-30H. The fourth-order valence-corrected chi connectivity index (χ4v) is 9.28. The van der Waals surface area contributed by atoms with Crippen molar-refractivity contribution >= 4 is 75.1 Å². The van der Waals surface area contributed by atoms with Crippen LogP contribution in [0.25, 0.3) is 97.4 Å². The lowest BCUT2D eigenvalue weighted by molar-refractivity contribution is 1.18. The van der Waals surface area contributed by atoms with E-state index in [9.17, 15) is 0 Å². The third-order valence-corrected chi connectivity index (χ3v) is 11.7. The molecule has 0 aliphatic rings. The highest BCUT2D eigenvalue weighted by Gasteiger charge is 2.21. The second kappa shape index (κ2) is 11.0. The van der Waals surface area contributed by atoms with Gasteiger partial charge in [-0.25, -0.2) is 0 Å². The monoisotopic (exact) mass is 666 g/mol. The summed E-state index contributed by atoms with van der Waals surface area (Å²) < 4.78 is 7.58. The van der Waals surface area contributed by atoms with Crippen LogP contribution < -0.4 is 0 Å². The van der Waals surface area contributed by atoms with Crippen LogP contribution >= 0.6 is 11.3 Å². The number of aromatic nitrogens is 2. The Morgan fingerprint density at radius 3 is 1.61 bits per heavy atom. The highest BCUT2D eigenvalue weighted by Crippen LogP contribution is 2.43. The van der Waals surface area contributed by atoms with Gasteiger partial charge in [-0.2, -0.15) is 0 Å². The summed E-state index contributed by atoms with van der Waals surface area (Å²) in [6.07, 6.45) is 0. The number of thiophene rings is 1. The van der Waals surface area contributed by atoms with Gasteiger partial charge in [-0.15, -0.1) is 11.3 Å². The van der Waals surface area contributed by atoms with Crippen molar-refractivity contribution in [1.29, 1.82) is 0 Å². The molecule has 11 rings (SSSR count). The molecule has 238 valence electrons. The van der Waals surface area contributed by atoms with Crippen molar-refractivity contribution in [3.05, 3.63) is 182 Å². The minimum Gasteiger partial charge on any atom is -0.309 e. The Morgan fingerprint density at radius 1 is 0.314 bits per heavy atom. The smallest absolute Gasteiger partial charge is 0.0641 e. The Morgan fingerprint density at radius 2 is 0.863 bits per heavy atom. The van der Waals surface area contributed by atoms with Crippen molar-refractivity contribution in [3.63, 3.8) is 0 Å². The SMILES string of the molecule is c1ccc(-c2ccc(-c3ccc(-n4c5ccccc5c5c4ccc4c6ccccc6n(-c6ccc7sc8ccccc8c7c6)c45)cc3)cc2)cc1. The van der Waals surface area contributed by atoms with Gasteiger partial charge >= 0.3 is 0 Å². The van der Waals surface area contributed by atoms with Gasteiger partial charge in [-0.05, 0) is 76.9 Å². The van der Waals surface area contributed by atoms with Gasteiger partial charge in [0.05, 0.1) is 22.1 Å². The summed E-state index contributed by atoms with van der Waals surface area (Å²) in [4.78, 5) is 0. The number of benzene rings is 8. The fraction of sp³-hybridized carbons (Fsp3) is 0. The highest BCUT2D eigenvalue weighted by molar-refractivity contribution is 7.25. The molecule has 0 saturated carbocycles. The predicted molar refractivity (Wildman–Crippen MR) is 219 cm³/mol. The third-order valence-electron chi connectivity index (χ3n) is 10.5. The van der Waals surface area contributed by atoms with E-state index in [2.05, 4.69) is 191 Å². The molecule has 3 heterocycles. The van der Waals surface area contributed by atoms with Gasteiger partial charge in [0.15, 0.2) is 0 Å². The Balaban J connectivity index is 1.12. The van der Waals surface area contributed by atoms with E-state index in [-0.39, 0.29) is 0 Å². The van der Waals surface area contributed by atoms with Gasteiger partial charge in [-0.3, -0.25) is 0 Å². The van der Waals surface area contributed by atoms with Gasteiger partial charge in [0.25, 0.3) is 0 Å². The second-order valence-corrected chi connectivity index (χ2v) is 14.4. The number of fused-ring (bicyclic) bond motifs is 10. The van der Waals surface area contributed by atoms with E-state index >= 15 is 0 Å². The molecule has 51 heavy (non-hydrogen) atoms. The molecule has 3 heteroatoms. The first-order valence-corrected chi connectivity index (χ1v) is 18.3. The lowest BCUT2D eigenvalue weighted by Crippen LogP contribution is -1.95. The second-order valence-electron chi connectivity index (χ2n) is 13.3. The average Bonchev–Trinajstić information content (AvgIpc) is 3.86. The maximum atomic E-state index is 2.50. The van der Waals surface area contributed by atoms with Crippen LogP contribution in [0, 0.1) is 0 Å². The van der Waals surface area contributed by atoms with Crippen molar-refractivity contribution in [1.82, 2.24) is 9.13 Å². The molecule has 0 spiro atoms. The summed E-state index contributed by atoms with van der Waals surface area (Å²) in [6.45, 7) is 0. The van der Waals surface area contributed by atoms with E-state index < -0.39 is 0 Å². The van der Waals surface area contributed by atoms with Crippen LogP contribution in [0.5, 0.6) is 0 Å². The van der Waals surface area contributed by atoms with E-state index in [4.69, 9.17) is 0 Å². The zero-order chi connectivity index (χ0) is 33.5. The zero-order valence-electron chi connectivity index (χ0n) is 27.6. The predicted octanol–water partition coefficient (Wildman–Crippen LogP) is 13.6. The Bertz CT molecular complexity index is 3100. The molecule has 11 aromatic rings. The van der Waals surface area contributed by atoms with Crippen LogP contribution in [-0.4, -0.2) is 9.13 Å². The quantitative estimate of drug-likeness (QED) is 0.177. The lowest BCUT2D eigenvalue weighted by Gasteiger charge is -2.11. The molecule has 0 amide bonds.